The van der Waals surface area contributed by atoms with E-state index in [9.17, 15) is 0 Å². The summed E-state index contributed by atoms with van der Waals surface area (Å²) < 4.78 is 17.5. The zero-order chi connectivity index (χ0) is 16.8. The molecule has 0 radical (unpaired) electrons. The maximum absolute atomic E-state index is 6.15. The number of hydrogen-bond donors (Lipinski definition) is 0. The molecule has 6 heteroatoms. The monoisotopic (exact) mass is 378 g/mol. The molecule has 0 aliphatic rings. The molecule has 0 heterocycles. The minimum atomic E-state index is -1.79. The van der Waals surface area contributed by atoms with E-state index in [2.05, 4.69) is 0 Å². The van der Waals surface area contributed by atoms with Crippen LogP contribution in [0.3, 0.4) is 0 Å². The van der Waals surface area contributed by atoms with Crippen molar-refractivity contribution in [3.63, 3.8) is 0 Å². The highest BCUT2D eigenvalue weighted by Gasteiger charge is 2.22. The van der Waals surface area contributed by atoms with Crippen LogP contribution in [-0.4, -0.2) is 0 Å². The summed E-state index contributed by atoms with van der Waals surface area (Å²) in [5.74, 6) is 1.59. The SMILES string of the molecule is Clc1ccccc1OP(Oc1ccccc1)Oc1ccccc1Cl. The zero-order valence-electron chi connectivity index (χ0n) is 12.4. The molecule has 0 amide bonds. The molecule has 0 spiro atoms. The molecule has 0 aliphatic carbocycles. The second-order valence-electron chi connectivity index (χ2n) is 4.67. The fourth-order valence-corrected chi connectivity index (χ4v) is 3.32. The van der Waals surface area contributed by atoms with Gasteiger partial charge in [0, 0.05) is 0 Å². The van der Waals surface area contributed by atoms with Gasteiger partial charge in [-0.25, -0.2) is 0 Å². The first-order chi connectivity index (χ1) is 11.7. The lowest BCUT2D eigenvalue weighted by Gasteiger charge is -2.18. The zero-order valence-corrected chi connectivity index (χ0v) is 14.8. The first kappa shape index (κ1) is 16.9. The predicted molar refractivity (Wildman–Crippen MR) is 98.2 cm³/mol. The lowest BCUT2D eigenvalue weighted by atomic mass is 10.3. The third kappa shape index (κ3) is 4.55. The Labute approximate surface area is 151 Å². The Morgan fingerprint density at radius 3 is 1.50 bits per heavy atom. The van der Waals surface area contributed by atoms with Crippen LogP contribution in [0.1, 0.15) is 0 Å². The lowest BCUT2D eigenvalue weighted by Crippen LogP contribution is -2.02. The summed E-state index contributed by atoms with van der Waals surface area (Å²) in [6.45, 7) is 0. The number of benzene rings is 3. The largest absolute Gasteiger partial charge is 0.530 e. The highest BCUT2D eigenvalue weighted by atomic mass is 35.5. The third-order valence-corrected chi connectivity index (χ3v) is 4.62. The van der Waals surface area contributed by atoms with Crippen molar-refractivity contribution in [2.75, 3.05) is 0 Å². The highest BCUT2D eigenvalue weighted by Crippen LogP contribution is 2.45. The molecule has 0 saturated heterocycles. The van der Waals surface area contributed by atoms with Crippen molar-refractivity contribution in [3.8, 4) is 17.2 Å². The van der Waals surface area contributed by atoms with E-state index in [0.717, 1.165) is 0 Å². The molecule has 122 valence electrons. The van der Waals surface area contributed by atoms with Crippen LogP contribution in [0, 0.1) is 0 Å². The molecule has 0 N–H and O–H groups in total. The fraction of sp³-hybridized carbons (Fsp3) is 0. The Hall–Kier alpha value is -1.93. The van der Waals surface area contributed by atoms with Gasteiger partial charge < -0.3 is 13.6 Å². The number of rotatable bonds is 6. The molecule has 0 fully saturated rings. The average molecular weight is 379 g/mol. The van der Waals surface area contributed by atoms with E-state index >= 15 is 0 Å². The van der Waals surface area contributed by atoms with Crippen LogP contribution >= 0.6 is 31.8 Å². The van der Waals surface area contributed by atoms with Crippen LogP contribution in [0.25, 0.3) is 0 Å². The lowest BCUT2D eigenvalue weighted by molar-refractivity contribution is 0.388. The van der Waals surface area contributed by atoms with Gasteiger partial charge in [-0.05, 0) is 36.4 Å². The third-order valence-electron chi connectivity index (χ3n) is 2.94. The van der Waals surface area contributed by atoms with Crippen LogP contribution in [0.2, 0.25) is 10.0 Å². The normalized spacial score (nSPS) is 10.5. The number of hydrogen-bond acceptors (Lipinski definition) is 3. The van der Waals surface area contributed by atoms with Gasteiger partial charge in [0.15, 0.2) is 0 Å². The van der Waals surface area contributed by atoms with Gasteiger partial charge in [-0.15, -0.1) is 0 Å². The molecule has 3 aromatic carbocycles. The Morgan fingerprint density at radius 2 is 1.00 bits per heavy atom. The van der Waals surface area contributed by atoms with Crippen molar-refractivity contribution in [2.45, 2.75) is 0 Å². The molecule has 0 bridgehead atoms. The summed E-state index contributed by atoms with van der Waals surface area (Å²) >= 11 is 12.3. The molecule has 3 aromatic rings. The van der Waals surface area contributed by atoms with Crippen LogP contribution < -0.4 is 13.6 Å². The average Bonchev–Trinajstić information content (AvgIpc) is 2.60. The van der Waals surface area contributed by atoms with Gasteiger partial charge in [0.05, 0.1) is 10.0 Å². The van der Waals surface area contributed by atoms with Crippen molar-refractivity contribution in [1.29, 1.82) is 0 Å². The van der Waals surface area contributed by atoms with Gasteiger partial charge in [0.2, 0.25) is 0 Å². The van der Waals surface area contributed by atoms with Gasteiger partial charge in [-0.2, -0.15) is 0 Å². The van der Waals surface area contributed by atoms with Crippen molar-refractivity contribution in [3.05, 3.63) is 88.9 Å². The van der Waals surface area contributed by atoms with Gasteiger partial charge in [-0.1, -0.05) is 65.7 Å². The summed E-state index contributed by atoms with van der Waals surface area (Å²) in [6, 6.07) is 23.6. The topological polar surface area (TPSA) is 27.7 Å². The van der Waals surface area contributed by atoms with Gasteiger partial charge in [-0.3, -0.25) is 0 Å². The van der Waals surface area contributed by atoms with Crippen LogP contribution in [0.5, 0.6) is 17.2 Å². The van der Waals surface area contributed by atoms with Crippen LogP contribution in [-0.2, 0) is 0 Å². The van der Waals surface area contributed by atoms with E-state index in [1.807, 2.05) is 54.6 Å². The summed E-state index contributed by atoms with van der Waals surface area (Å²) in [7, 11) is -1.79. The molecule has 0 atom stereocenters. The van der Waals surface area contributed by atoms with Crippen molar-refractivity contribution >= 4 is 31.8 Å². The van der Waals surface area contributed by atoms with E-state index in [1.54, 1.807) is 24.3 Å². The second kappa shape index (κ2) is 8.25. The maximum atomic E-state index is 6.15. The van der Waals surface area contributed by atoms with Crippen LogP contribution in [0.4, 0.5) is 0 Å². The quantitative estimate of drug-likeness (QED) is 0.443. The Kier molecular flexibility index (Phi) is 5.81. The Balaban J connectivity index is 1.83. The van der Waals surface area contributed by atoms with E-state index in [1.165, 1.54) is 0 Å². The molecule has 0 saturated carbocycles. The molecule has 3 rings (SSSR count). The summed E-state index contributed by atoms with van der Waals surface area (Å²) in [4.78, 5) is 0. The van der Waals surface area contributed by atoms with Crippen molar-refractivity contribution in [1.82, 2.24) is 0 Å². The van der Waals surface area contributed by atoms with Crippen molar-refractivity contribution in [2.24, 2.45) is 0 Å². The standard InChI is InChI=1S/C18H13Cl2O3P/c19-15-10-4-6-12-17(15)22-24(21-14-8-2-1-3-9-14)23-18-13-7-5-11-16(18)20/h1-13H. The van der Waals surface area contributed by atoms with E-state index < -0.39 is 8.60 Å². The van der Waals surface area contributed by atoms with Gasteiger partial charge >= 0.3 is 8.60 Å². The number of para-hydroxylation sites is 3. The minimum absolute atomic E-state index is 0.476. The highest BCUT2D eigenvalue weighted by molar-refractivity contribution is 7.43. The first-order valence-electron chi connectivity index (χ1n) is 7.10. The molecule has 0 aliphatic heterocycles. The van der Waals surface area contributed by atoms with E-state index in [0.29, 0.717) is 27.3 Å². The smallest absolute Gasteiger partial charge is 0.409 e. The molecule has 24 heavy (non-hydrogen) atoms. The van der Waals surface area contributed by atoms with Crippen molar-refractivity contribution < 1.29 is 13.6 Å². The molecule has 0 unspecified atom stereocenters. The summed E-state index contributed by atoms with van der Waals surface area (Å²) in [5.41, 5.74) is 0. The number of halogens is 2. The molecule has 3 nitrogen and oxygen atoms in total. The minimum Gasteiger partial charge on any atom is -0.409 e. The maximum Gasteiger partial charge on any atom is 0.530 e. The first-order valence-corrected chi connectivity index (χ1v) is 8.95. The Bertz CT molecular complexity index is 752. The summed E-state index contributed by atoms with van der Waals surface area (Å²) in [6.07, 6.45) is 0. The van der Waals surface area contributed by atoms with E-state index in [4.69, 9.17) is 36.8 Å². The molecular formula is C18H13Cl2O3P. The van der Waals surface area contributed by atoms with Crippen LogP contribution in [0.15, 0.2) is 78.9 Å². The molecular weight excluding hydrogens is 366 g/mol. The second-order valence-corrected chi connectivity index (χ2v) is 6.48. The summed E-state index contributed by atoms with van der Waals surface area (Å²) in [5, 5.41) is 0.953. The van der Waals surface area contributed by atoms with Gasteiger partial charge in [0.25, 0.3) is 0 Å². The Morgan fingerprint density at radius 1 is 0.542 bits per heavy atom. The fourth-order valence-electron chi connectivity index (χ4n) is 1.82. The predicted octanol–water partition coefficient (Wildman–Crippen LogP) is 6.76. The van der Waals surface area contributed by atoms with Gasteiger partial charge in [0.1, 0.15) is 17.2 Å². The van der Waals surface area contributed by atoms with E-state index in [-0.39, 0.29) is 0 Å². The molecule has 0 aromatic heterocycles.